The van der Waals surface area contributed by atoms with Crippen LogP contribution in [-0.4, -0.2) is 18.2 Å². The Labute approximate surface area is 215 Å². The van der Waals surface area contributed by atoms with E-state index in [-0.39, 0.29) is 18.2 Å². The molecular weight excluding hydrogens is 472 g/mol. The average molecular weight is 501 g/mol. The smallest absolute Gasteiger partial charge is 0.260 e. The van der Waals surface area contributed by atoms with Crippen molar-refractivity contribution in [2.24, 2.45) is 0 Å². The highest BCUT2D eigenvalue weighted by atomic mass is 32.2. The molecule has 1 amide bonds. The van der Waals surface area contributed by atoms with Gasteiger partial charge < -0.3 is 24.8 Å². The van der Waals surface area contributed by atoms with Crippen molar-refractivity contribution in [2.75, 3.05) is 12.1 Å². The molecular formula is C29H28N2O4S. The molecule has 0 aromatic heterocycles. The van der Waals surface area contributed by atoms with E-state index < -0.39 is 0 Å². The average Bonchev–Trinajstić information content (AvgIpc) is 3.50. The van der Waals surface area contributed by atoms with Crippen molar-refractivity contribution in [1.82, 2.24) is 5.32 Å². The van der Waals surface area contributed by atoms with Gasteiger partial charge in [0, 0.05) is 5.69 Å². The summed E-state index contributed by atoms with van der Waals surface area (Å²) in [7, 11) is 0. The maximum Gasteiger partial charge on any atom is 0.260 e. The summed E-state index contributed by atoms with van der Waals surface area (Å²) >= 11 is 1.47. The minimum atomic E-state index is -0.215. The second kappa shape index (κ2) is 10.8. The van der Waals surface area contributed by atoms with Crippen LogP contribution in [-0.2, 0) is 24.2 Å². The molecule has 2 N–H and O–H groups in total. The zero-order valence-corrected chi connectivity index (χ0v) is 20.9. The van der Waals surface area contributed by atoms with E-state index in [9.17, 15) is 4.79 Å². The van der Waals surface area contributed by atoms with Gasteiger partial charge in [-0.25, -0.2) is 0 Å². The molecule has 1 fully saturated rings. The van der Waals surface area contributed by atoms with Crippen LogP contribution in [0.15, 0.2) is 78.2 Å². The van der Waals surface area contributed by atoms with Crippen molar-refractivity contribution >= 4 is 29.4 Å². The summed E-state index contributed by atoms with van der Waals surface area (Å²) in [6.07, 6.45) is 5.42. The summed E-state index contributed by atoms with van der Waals surface area (Å²) in [6.45, 7) is 6.67. The number of benzene rings is 3. The molecule has 0 bridgehead atoms. The molecule has 2 aliphatic rings. The van der Waals surface area contributed by atoms with Crippen molar-refractivity contribution in [3.63, 3.8) is 0 Å². The van der Waals surface area contributed by atoms with Gasteiger partial charge in [-0.3, -0.25) is 4.79 Å². The number of amides is 1. The zero-order chi connectivity index (χ0) is 24.9. The Morgan fingerprint density at radius 1 is 1.08 bits per heavy atom. The molecule has 5 rings (SSSR count). The highest BCUT2D eigenvalue weighted by Crippen LogP contribution is 2.34. The normalized spacial score (nSPS) is 17.2. The molecule has 2 heterocycles. The number of hydrogen-bond acceptors (Lipinski definition) is 6. The van der Waals surface area contributed by atoms with Gasteiger partial charge in [0.2, 0.25) is 6.79 Å². The molecule has 0 unspecified atom stereocenters. The Hall–Kier alpha value is -3.84. The number of hydrogen-bond donors (Lipinski definition) is 2. The number of fused-ring (bicyclic) bond motifs is 1. The van der Waals surface area contributed by atoms with Gasteiger partial charge in [-0.05, 0) is 77.6 Å². The van der Waals surface area contributed by atoms with E-state index in [1.165, 1.54) is 17.3 Å². The Bertz CT molecular complexity index is 1300. The minimum absolute atomic E-state index is 0.0870. The lowest BCUT2D eigenvalue weighted by Crippen LogP contribution is -2.30. The van der Waals surface area contributed by atoms with E-state index in [1.54, 1.807) is 0 Å². The zero-order valence-electron chi connectivity index (χ0n) is 20.1. The fourth-order valence-corrected chi connectivity index (χ4v) is 5.03. The van der Waals surface area contributed by atoms with Crippen LogP contribution in [0.25, 0.3) is 6.08 Å². The molecule has 0 spiro atoms. The van der Waals surface area contributed by atoms with Crippen LogP contribution >= 0.6 is 11.8 Å². The number of nitrogens with one attached hydrogen (secondary N) is 2. The van der Waals surface area contributed by atoms with E-state index in [0.29, 0.717) is 17.9 Å². The lowest BCUT2D eigenvalue weighted by atomic mass is 10.1. The molecule has 1 saturated heterocycles. The fourth-order valence-electron chi connectivity index (χ4n) is 4.04. The molecule has 184 valence electrons. The van der Waals surface area contributed by atoms with Gasteiger partial charge >= 0.3 is 0 Å². The van der Waals surface area contributed by atoms with E-state index >= 15 is 0 Å². The summed E-state index contributed by atoms with van der Waals surface area (Å²) in [4.78, 5) is 13.3. The van der Waals surface area contributed by atoms with Crippen LogP contribution in [0.1, 0.15) is 29.2 Å². The number of carbonyl (C=O) groups excluding carboxylic acids is 1. The van der Waals surface area contributed by atoms with E-state index in [1.807, 2.05) is 60.7 Å². The van der Waals surface area contributed by atoms with E-state index in [0.717, 1.165) is 46.0 Å². The van der Waals surface area contributed by atoms with Gasteiger partial charge in [0.05, 0.1) is 4.91 Å². The number of thioether (sulfide) groups is 1. The van der Waals surface area contributed by atoms with Crippen LogP contribution in [0.3, 0.4) is 0 Å². The van der Waals surface area contributed by atoms with Gasteiger partial charge in [-0.1, -0.05) is 49.0 Å². The van der Waals surface area contributed by atoms with Crippen LogP contribution in [0.2, 0.25) is 0 Å². The third-order valence-corrected chi connectivity index (χ3v) is 7.00. The predicted molar refractivity (Wildman–Crippen MR) is 144 cm³/mol. The van der Waals surface area contributed by atoms with Crippen LogP contribution in [0, 0.1) is 0 Å². The summed E-state index contributed by atoms with van der Waals surface area (Å²) in [6, 6.07) is 20.0. The largest absolute Gasteiger partial charge is 0.489 e. The lowest BCUT2D eigenvalue weighted by Gasteiger charge is -2.13. The van der Waals surface area contributed by atoms with Crippen molar-refractivity contribution < 1.29 is 19.0 Å². The molecule has 2 aliphatic heterocycles. The Morgan fingerprint density at radius 3 is 2.69 bits per heavy atom. The van der Waals surface area contributed by atoms with Crippen molar-refractivity contribution in [3.8, 4) is 17.2 Å². The van der Waals surface area contributed by atoms with E-state index in [2.05, 4.69) is 36.3 Å². The summed E-state index contributed by atoms with van der Waals surface area (Å²) in [5.74, 6) is 2.19. The standard InChI is InChI=1S/C29H28N2O4S/c1-3-5-22-14-20(8-12-24(22)33-17-21-9-13-25-26(15-21)35-18-34-25)16-27-28(32)31-29(36-27)30-23-10-6-19(4-2)7-11-23/h3,6-16,29-30H,1,4-5,17-18H2,2H3,(H,31,32)/b27-16-/t29-/m0/s1. The molecule has 0 radical (unpaired) electrons. The first-order valence-corrected chi connectivity index (χ1v) is 12.8. The first-order valence-electron chi connectivity index (χ1n) is 11.9. The van der Waals surface area contributed by atoms with E-state index in [4.69, 9.17) is 14.2 Å². The number of allylic oxidation sites excluding steroid dienone is 1. The van der Waals surface area contributed by atoms with Gasteiger partial charge in [0.25, 0.3) is 5.91 Å². The molecule has 6 nitrogen and oxygen atoms in total. The van der Waals surface area contributed by atoms with Crippen LogP contribution in [0.5, 0.6) is 17.2 Å². The molecule has 0 aliphatic carbocycles. The summed E-state index contributed by atoms with van der Waals surface area (Å²) in [5.41, 5.74) is 4.98. The Kier molecular flexibility index (Phi) is 7.18. The number of anilines is 1. The molecule has 1 atom stereocenters. The second-order valence-electron chi connectivity index (χ2n) is 8.51. The number of carbonyl (C=O) groups is 1. The first-order chi connectivity index (χ1) is 17.6. The lowest BCUT2D eigenvalue weighted by molar-refractivity contribution is -0.116. The maximum atomic E-state index is 12.6. The Morgan fingerprint density at radius 2 is 1.89 bits per heavy atom. The first kappa shape index (κ1) is 23.9. The molecule has 7 heteroatoms. The Balaban J connectivity index is 1.26. The van der Waals surface area contributed by atoms with Crippen molar-refractivity contribution in [3.05, 3.63) is 100 Å². The maximum absolute atomic E-state index is 12.6. The number of aryl methyl sites for hydroxylation is 1. The molecule has 3 aromatic rings. The number of ether oxygens (including phenoxy) is 3. The highest BCUT2D eigenvalue weighted by molar-refractivity contribution is 8.05. The third kappa shape index (κ3) is 5.52. The highest BCUT2D eigenvalue weighted by Gasteiger charge is 2.27. The quantitative estimate of drug-likeness (QED) is 0.282. The minimum Gasteiger partial charge on any atom is -0.489 e. The van der Waals surface area contributed by atoms with Crippen LogP contribution in [0.4, 0.5) is 5.69 Å². The van der Waals surface area contributed by atoms with Crippen LogP contribution < -0.4 is 24.8 Å². The summed E-state index contributed by atoms with van der Waals surface area (Å²) in [5, 5.41) is 6.36. The molecule has 36 heavy (non-hydrogen) atoms. The van der Waals surface area contributed by atoms with Gasteiger partial charge in [0.1, 0.15) is 12.4 Å². The fraction of sp³-hybridized carbons (Fsp3) is 0.207. The van der Waals surface area contributed by atoms with Gasteiger partial charge in [-0.2, -0.15) is 0 Å². The second-order valence-corrected chi connectivity index (χ2v) is 9.66. The van der Waals surface area contributed by atoms with Crippen molar-refractivity contribution in [1.29, 1.82) is 0 Å². The topological polar surface area (TPSA) is 68.8 Å². The molecule has 0 saturated carbocycles. The van der Waals surface area contributed by atoms with Crippen molar-refractivity contribution in [2.45, 2.75) is 31.9 Å². The molecule has 3 aromatic carbocycles. The predicted octanol–water partition coefficient (Wildman–Crippen LogP) is 5.88. The SMILES string of the molecule is C=CCc1cc(/C=C2\S[C@@H](Nc3ccc(CC)cc3)NC2=O)ccc1OCc1ccc2c(c1)OCO2. The number of rotatable bonds is 9. The van der Waals surface area contributed by atoms with Gasteiger partial charge in [-0.15, -0.1) is 6.58 Å². The van der Waals surface area contributed by atoms with Gasteiger partial charge in [0.15, 0.2) is 17.0 Å². The monoisotopic (exact) mass is 500 g/mol. The summed E-state index contributed by atoms with van der Waals surface area (Å²) < 4.78 is 17.0. The third-order valence-electron chi connectivity index (χ3n) is 5.97.